The standard InChI is InChI=1S/C28H29NO11S3/c1-4-18(2)29-28(22-8-12-24(13-9-22)42(33,34)35)17-21(20-7-14-25(39-3)27(16-20)43(36,37)38)15-26(40-28)19-5-10-23(11-6-19)41(30,31)32/h5-18,29H,4H2,1-3H3,(H,30,31,32)(H,33,34,35)(H,36,37,38). The summed E-state index contributed by atoms with van der Waals surface area (Å²) in [6.07, 6.45) is 3.85. The van der Waals surface area contributed by atoms with Crippen molar-refractivity contribution in [2.45, 2.75) is 46.7 Å². The van der Waals surface area contributed by atoms with Gasteiger partial charge in [0, 0.05) is 17.2 Å². The Morgan fingerprint density at radius 3 is 1.84 bits per heavy atom. The van der Waals surface area contributed by atoms with E-state index in [9.17, 15) is 38.9 Å². The van der Waals surface area contributed by atoms with E-state index in [4.69, 9.17) is 9.47 Å². The third kappa shape index (κ3) is 7.15. The lowest BCUT2D eigenvalue weighted by molar-refractivity contribution is 0.0366. The smallest absolute Gasteiger partial charge is 0.298 e. The van der Waals surface area contributed by atoms with Crippen LogP contribution in [0.1, 0.15) is 37.0 Å². The molecule has 230 valence electrons. The minimum atomic E-state index is -4.69. The van der Waals surface area contributed by atoms with Crippen LogP contribution >= 0.6 is 0 Å². The van der Waals surface area contributed by atoms with Gasteiger partial charge in [0.05, 0.1) is 16.9 Å². The second-order valence-electron chi connectivity index (χ2n) is 9.74. The maximum atomic E-state index is 12.2. The first kappa shape index (κ1) is 32.3. The second-order valence-corrected chi connectivity index (χ2v) is 14.0. The van der Waals surface area contributed by atoms with E-state index in [-0.39, 0.29) is 27.3 Å². The van der Waals surface area contributed by atoms with Crippen LogP contribution in [0.4, 0.5) is 0 Å². The molecule has 0 aliphatic carbocycles. The Bertz CT molecular complexity index is 1920. The molecule has 4 N–H and O–H groups in total. The van der Waals surface area contributed by atoms with E-state index >= 15 is 0 Å². The zero-order valence-corrected chi connectivity index (χ0v) is 25.6. The van der Waals surface area contributed by atoms with Gasteiger partial charge in [-0.25, -0.2) is 0 Å². The molecule has 12 nitrogen and oxygen atoms in total. The summed E-state index contributed by atoms with van der Waals surface area (Å²) in [6.45, 7) is 3.81. The maximum absolute atomic E-state index is 12.2. The summed E-state index contributed by atoms with van der Waals surface area (Å²) in [7, 11) is -12.4. The number of hydrogen-bond acceptors (Lipinski definition) is 9. The highest BCUT2D eigenvalue weighted by atomic mass is 32.2. The third-order valence-electron chi connectivity index (χ3n) is 6.78. The molecule has 0 spiro atoms. The molecular formula is C28H29NO11S3. The van der Waals surface area contributed by atoms with Gasteiger partial charge in [0.2, 0.25) is 5.72 Å². The van der Waals surface area contributed by atoms with Crippen LogP contribution in [0.25, 0.3) is 11.3 Å². The summed E-state index contributed by atoms with van der Waals surface area (Å²) in [6, 6.07) is 14.4. The van der Waals surface area contributed by atoms with Crippen LogP contribution in [0.2, 0.25) is 0 Å². The number of allylic oxidation sites excluding steroid dienone is 2. The van der Waals surface area contributed by atoms with E-state index < -0.39 is 41.0 Å². The van der Waals surface area contributed by atoms with E-state index in [0.29, 0.717) is 28.7 Å². The van der Waals surface area contributed by atoms with Crippen LogP contribution in [0.15, 0.2) is 93.6 Å². The number of rotatable bonds is 10. The van der Waals surface area contributed by atoms with Crippen LogP contribution in [0, 0.1) is 0 Å². The van der Waals surface area contributed by atoms with Crippen molar-refractivity contribution in [2.24, 2.45) is 0 Å². The predicted octanol–water partition coefficient (Wildman–Crippen LogP) is 4.13. The molecule has 15 heteroatoms. The van der Waals surface area contributed by atoms with Gasteiger partial charge in [0.1, 0.15) is 16.4 Å². The number of methoxy groups -OCH3 is 1. The van der Waals surface area contributed by atoms with Crippen LogP contribution in [0.3, 0.4) is 0 Å². The molecule has 0 radical (unpaired) electrons. The molecule has 0 amide bonds. The van der Waals surface area contributed by atoms with Crippen molar-refractivity contribution in [3.05, 3.63) is 95.6 Å². The van der Waals surface area contributed by atoms with E-state index in [1.807, 2.05) is 13.8 Å². The Hall–Kier alpha value is -3.57. The molecule has 0 saturated heterocycles. The van der Waals surface area contributed by atoms with Crippen molar-refractivity contribution in [3.8, 4) is 5.75 Å². The minimum Gasteiger partial charge on any atom is -0.495 e. The summed E-state index contributed by atoms with van der Waals surface area (Å²) in [5.74, 6) is 0.104. The molecule has 2 unspecified atom stereocenters. The van der Waals surface area contributed by atoms with Gasteiger partial charge >= 0.3 is 0 Å². The van der Waals surface area contributed by atoms with E-state index in [0.717, 1.165) is 0 Å². The topological polar surface area (TPSA) is 194 Å². The van der Waals surface area contributed by atoms with Gasteiger partial charge in [-0.2, -0.15) is 25.3 Å². The fourth-order valence-corrected chi connectivity index (χ4v) is 6.07. The van der Waals surface area contributed by atoms with Crippen LogP contribution in [0.5, 0.6) is 5.75 Å². The van der Waals surface area contributed by atoms with Gasteiger partial charge in [-0.3, -0.25) is 19.0 Å². The van der Waals surface area contributed by atoms with Gasteiger partial charge in [0.25, 0.3) is 30.4 Å². The van der Waals surface area contributed by atoms with Crippen molar-refractivity contribution in [3.63, 3.8) is 0 Å². The van der Waals surface area contributed by atoms with E-state index in [1.165, 1.54) is 67.8 Å². The fourth-order valence-electron chi connectivity index (χ4n) is 4.43. The molecule has 0 fully saturated rings. The molecule has 0 aromatic heterocycles. The van der Waals surface area contributed by atoms with Crippen LogP contribution < -0.4 is 10.1 Å². The summed E-state index contributed by atoms with van der Waals surface area (Å²) in [5.41, 5.74) is 0.00992. The van der Waals surface area contributed by atoms with Crippen molar-refractivity contribution in [2.75, 3.05) is 7.11 Å². The largest absolute Gasteiger partial charge is 0.495 e. The molecule has 3 aromatic rings. The molecule has 1 aliphatic rings. The van der Waals surface area contributed by atoms with E-state index in [1.54, 1.807) is 18.2 Å². The van der Waals surface area contributed by atoms with Crippen LogP contribution in [-0.2, 0) is 40.8 Å². The van der Waals surface area contributed by atoms with Crippen molar-refractivity contribution in [1.29, 1.82) is 0 Å². The predicted molar refractivity (Wildman–Crippen MR) is 157 cm³/mol. The molecular weight excluding hydrogens is 623 g/mol. The lowest BCUT2D eigenvalue weighted by Gasteiger charge is -2.39. The lowest BCUT2D eigenvalue weighted by atomic mass is 9.91. The molecule has 43 heavy (non-hydrogen) atoms. The Balaban J connectivity index is 2.00. The second kappa shape index (κ2) is 11.8. The molecule has 4 rings (SSSR count). The zero-order valence-electron chi connectivity index (χ0n) is 23.1. The minimum absolute atomic E-state index is 0.0892. The zero-order chi connectivity index (χ0) is 31.8. The van der Waals surface area contributed by atoms with Gasteiger partial charge in [-0.1, -0.05) is 25.1 Å². The fraction of sp³-hybridized carbons (Fsp3) is 0.214. The highest BCUT2D eigenvalue weighted by molar-refractivity contribution is 7.86. The molecule has 0 bridgehead atoms. The molecule has 1 heterocycles. The van der Waals surface area contributed by atoms with Gasteiger partial charge in [0.15, 0.2) is 0 Å². The monoisotopic (exact) mass is 651 g/mol. The number of nitrogens with one attached hydrogen (secondary N) is 1. The number of ether oxygens (including phenoxy) is 2. The first-order valence-corrected chi connectivity index (χ1v) is 17.0. The average Bonchev–Trinajstić information content (AvgIpc) is 2.95. The summed E-state index contributed by atoms with van der Waals surface area (Å²) in [5, 5.41) is 3.38. The van der Waals surface area contributed by atoms with Gasteiger partial charge in [-0.05, 0) is 85.2 Å². The first-order chi connectivity index (χ1) is 20.0. The summed E-state index contributed by atoms with van der Waals surface area (Å²) in [4.78, 5) is -1.18. The highest BCUT2D eigenvalue weighted by Crippen LogP contribution is 2.41. The number of hydrogen-bond donors (Lipinski definition) is 4. The Morgan fingerprint density at radius 1 is 0.814 bits per heavy atom. The molecule has 2 atom stereocenters. The van der Waals surface area contributed by atoms with Crippen molar-refractivity contribution >= 4 is 41.7 Å². The summed E-state index contributed by atoms with van der Waals surface area (Å²) >= 11 is 0. The third-order valence-corrected chi connectivity index (χ3v) is 9.39. The maximum Gasteiger partial charge on any atom is 0.298 e. The number of benzene rings is 3. The quantitative estimate of drug-likeness (QED) is 0.229. The Kier molecular flexibility index (Phi) is 8.91. The Labute approximate surface area is 249 Å². The van der Waals surface area contributed by atoms with E-state index in [2.05, 4.69) is 5.32 Å². The average molecular weight is 652 g/mol. The van der Waals surface area contributed by atoms with Gasteiger partial charge < -0.3 is 9.47 Å². The molecule has 0 saturated carbocycles. The lowest BCUT2D eigenvalue weighted by Crippen LogP contribution is -2.48. The van der Waals surface area contributed by atoms with Gasteiger partial charge in [-0.15, -0.1) is 0 Å². The summed E-state index contributed by atoms with van der Waals surface area (Å²) < 4.78 is 111. The first-order valence-electron chi connectivity index (χ1n) is 12.7. The molecule has 1 aliphatic heterocycles. The highest BCUT2D eigenvalue weighted by Gasteiger charge is 2.38. The SMILES string of the molecule is CCC(C)NC1(c2ccc(S(=O)(=O)O)cc2)C=C(c2ccc(OC)c(S(=O)(=O)O)c2)C=C(c2ccc(S(=O)(=O)O)cc2)O1. The van der Waals surface area contributed by atoms with Crippen molar-refractivity contribution in [1.82, 2.24) is 5.32 Å². The Morgan fingerprint density at radius 2 is 1.35 bits per heavy atom. The van der Waals surface area contributed by atoms with Crippen molar-refractivity contribution < 1.29 is 48.4 Å². The molecule has 3 aromatic carbocycles. The normalized spacial score (nSPS) is 18.3. The van der Waals surface area contributed by atoms with Crippen LogP contribution in [-0.4, -0.2) is 52.1 Å².